The molecule has 2 heterocycles. The van der Waals surface area contributed by atoms with Crippen LogP contribution in [0.2, 0.25) is 0 Å². The number of rotatable bonds is 5. The van der Waals surface area contributed by atoms with Gasteiger partial charge in [-0.05, 0) is 37.5 Å². The largest absolute Gasteiger partial charge is 0.336 e. The quantitative estimate of drug-likeness (QED) is 0.818. The number of aryl methyl sites for hydroxylation is 1. The van der Waals surface area contributed by atoms with Crippen molar-refractivity contribution < 1.29 is 13.2 Å². The summed E-state index contributed by atoms with van der Waals surface area (Å²) in [6.07, 6.45) is 10.2. The fourth-order valence-electron chi connectivity index (χ4n) is 3.72. The SMILES string of the molecule is Cn1cc(C2CCCCN2C(=O)CC2(CS(C)(=O)=O)CC2)cn1. The molecule has 1 aliphatic heterocycles. The Morgan fingerprint density at radius 3 is 2.70 bits per heavy atom. The van der Waals surface area contributed by atoms with E-state index in [4.69, 9.17) is 0 Å². The van der Waals surface area contributed by atoms with E-state index in [1.807, 2.05) is 24.3 Å². The van der Waals surface area contributed by atoms with E-state index in [0.29, 0.717) is 6.42 Å². The van der Waals surface area contributed by atoms with Gasteiger partial charge in [0.2, 0.25) is 5.91 Å². The molecule has 1 saturated heterocycles. The van der Waals surface area contributed by atoms with Crippen molar-refractivity contribution in [3.05, 3.63) is 18.0 Å². The van der Waals surface area contributed by atoms with Gasteiger partial charge in [-0.15, -0.1) is 0 Å². The lowest BCUT2D eigenvalue weighted by Gasteiger charge is -2.36. The predicted octanol–water partition coefficient (Wildman–Crippen LogP) is 1.69. The molecule has 23 heavy (non-hydrogen) atoms. The number of aromatic nitrogens is 2. The minimum atomic E-state index is -3.04. The summed E-state index contributed by atoms with van der Waals surface area (Å²) in [5, 5.41) is 4.22. The smallest absolute Gasteiger partial charge is 0.223 e. The average Bonchev–Trinajstić information content (AvgIpc) is 3.05. The van der Waals surface area contributed by atoms with Gasteiger partial charge in [-0.2, -0.15) is 5.10 Å². The van der Waals surface area contributed by atoms with Crippen molar-refractivity contribution in [1.82, 2.24) is 14.7 Å². The highest BCUT2D eigenvalue weighted by Crippen LogP contribution is 2.50. The summed E-state index contributed by atoms with van der Waals surface area (Å²) < 4.78 is 25.0. The number of carbonyl (C=O) groups is 1. The zero-order valence-corrected chi connectivity index (χ0v) is 14.7. The van der Waals surface area contributed by atoms with Crippen LogP contribution in [0.5, 0.6) is 0 Å². The van der Waals surface area contributed by atoms with Crippen molar-refractivity contribution in [2.45, 2.75) is 44.6 Å². The lowest BCUT2D eigenvalue weighted by atomic mass is 9.95. The van der Waals surface area contributed by atoms with Crippen molar-refractivity contribution in [3.8, 4) is 0 Å². The van der Waals surface area contributed by atoms with E-state index < -0.39 is 9.84 Å². The zero-order valence-electron chi connectivity index (χ0n) is 13.9. The Hall–Kier alpha value is -1.37. The average molecular weight is 339 g/mol. The third-order valence-corrected chi connectivity index (χ3v) is 6.12. The van der Waals surface area contributed by atoms with Crippen LogP contribution in [0.15, 0.2) is 12.4 Å². The number of carbonyl (C=O) groups excluding carboxylic acids is 1. The molecule has 1 aliphatic carbocycles. The number of likely N-dealkylation sites (tertiary alicyclic amines) is 1. The molecular formula is C16H25N3O3S. The number of hydrogen-bond donors (Lipinski definition) is 0. The van der Waals surface area contributed by atoms with Crippen LogP contribution in [0.1, 0.15) is 50.1 Å². The van der Waals surface area contributed by atoms with Crippen LogP contribution in [0, 0.1) is 5.41 Å². The normalized spacial score (nSPS) is 23.7. The molecule has 1 unspecified atom stereocenters. The number of amides is 1. The van der Waals surface area contributed by atoms with Gasteiger partial charge in [-0.25, -0.2) is 8.42 Å². The van der Waals surface area contributed by atoms with Crippen molar-refractivity contribution in [2.75, 3.05) is 18.6 Å². The number of sulfone groups is 1. The van der Waals surface area contributed by atoms with Crippen molar-refractivity contribution in [3.63, 3.8) is 0 Å². The monoisotopic (exact) mass is 339 g/mol. The molecule has 0 aromatic carbocycles. The fourth-order valence-corrected chi connectivity index (χ4v) is 5.22. The second-order valence-corrected chi connectivity index (χ2v) is 9.43. The van der Waals surface area contributed by atoms with E-state index in [0.717, 1.165) is 44.2 Å². The first-order chi connectivity index (χ1) is 10.8. The van der Waals surface area contributed by atoms with Gasteiger partial charge in [0.15, 0.2) is 0 Å². The van der Waals surface area contributed by atoms with E-state index in [9.17, 15) is 13.2 Å². The number of nitrogens with zero attached hydrogens (tertiary/aromatic N) is 3. The first kappa shape index (κ1) is 16.5. The molecule has 0 bridgehead atoms. The Balaban J connectivity index is 1.72. The topological polar surface area (TPSA) is 72.3 Å². The van der Waals surface area contributed by atoms with Crippen LogP contribution >= 0.6 is 0 Å². The Kier molecular flexibility index (Phi) is 4.25. The maximum atomic E-state index is 12.8. The van der Waals surface area contributed by atoms with Crippen LogP contribution in [0.4, 0.5) is 0 Å². The summed E-state index contributed by atoms with van der Waals surface area (Å²) in [5.41, 5.74) is 0.773. The molecule has 0 radical (unpaired) electrons. The molecule has 1 aromatic rings. The van der Waals surface area contributed by atoms with E-state index in [1.165, 1.54) is 6.26 Å². The summed E-state index contributed by atoms with van der Waals surface area (Å²) in [6, 6.07) is 0.0824. The van der Waals surface area contributed by atoms with Gasteiger partial charge in [0.05, 0.1) is 18.0 Å². The molecule has 1 amide bonds. The van der Waals surface area contributed by atoms with E-state index in [-0.39, 0.29) is 23.1 Å². The molecule has 1 atom stereocenters. The first-order valence-electron chi connectivity index (χ1n) is 8.24. The summed E-state index contributed by atoms with van der Waals surface area (Å²) in [6.45, 7) is 0.757. The zero-order chi connectivity index (χ0) is 16.7. The third-order valence-electron chi connectivity index (χ3n) is 4.98. The van der Waals surface area contributed by atoms with Crippen molar-refractivity contribution in [2.24, 2.45) is 12.5 Å². The summed E-state index contributed by atoms with van der Waals surface area (Å²) in [5.74, 6) is 0.233. The van der Waals surface area contributed by atoms with Gasteiger partial charge in [0.25, 0.3) is 0 Å². The molecule has 0 spiro atoms. The Morgan fingerprint density at radius 2 is 2.13 bits per heavy atom. The van der Waals surface area contributed by atoms with E-state index >= 15 is 0 Å². The van der Waals surface area contributed by atoms with Gasteiger partial charge in [-0.3, -0.25) is 9.48 Å². The van der Waals surface area contributed by atoms with Crippen LogP contribution < -0.4 is 0 Å². The molecule has 3 rings (SSSR count). The maximum absolute atomic E-state index is 12.8. The molecule has 6 nitrogen and oxygen atoms in total. The molecule has 0 N–H and O–H groups in total. The third kappa shape index (κ3) is 3.94. The lowest BCUT2D eigenvalue weighted by molar-refractivity contribution is -0.136. The highest BCUT2D eigenvalue weighted by molar-refractivity contribution is 7.90. The van der Waals surface area contributed by atoms with Gasteiger partial charge in [0.1, 0.15) is 9.84 Å². The van der Waals surface area contributed by atoms with E-state index in [2.05, 4.69) is 5.10 Å². The fraction of sp³-hybridized carbons (Fsp3) is 0.750. The number of hydrogen-bond acceptors (Lipinski definition) is 4. The summed E-state index contributed by atoms with van der Waals surface area (Å²) in [7, 11) is -1.16. The molecule has 128 valence electrons. The van der Waals surface area contributed by atoms with Crippen LogP contribution in [-0.4, -0.2) is 47.6 Å². The van der Waals surface area contributed by atoms with Gasteiger partial charge in [-0.1, -0.05) is 0 Å². The van der Waals surface area contributed by atoms with E-state index in [1.54, 1.807) is 4.68 Å². The minimum Gasteiger partial charge on any atom is -0.336 e. The number of piperidine rings is 1. The minimum absolute atomic E-state index is 0.0824. The molecule has 1 aromatic heterocycles. The van der Waals surface area contributed by atoms with Crippen molar-refractivity contribution >= 4 is 15.7 Å². The van der Waals surface area contributed by atoms with Crippen LogP contribution in [-0.2, 0) is 21.7 Å². The molecular weight excluding hydrogens is 314 g/mol. The molecule has 1 saturated carbocycles. The molecule has 2 aliphatic rings. The first-order valence-corrected chi connectivity index (χ1v) is 10.3. The maximum Gasteiger partial charge on any atom is 0.223 e. The second kappa shape index (κ2) is 5.92. The summed E-state index contributed by atoms with van der Waals surface area (Å²) in [4.78, 5) is 14.8. The van der Waals surface area contributed by atoms with Gasteiger partial charge in [0, 0.05) is 38.0 Å². The Labute approximate surface area is 137 Å². The second-order valence-electron chi connectivity index (χ2n) is 7.29. The lowest BCUT2D eigenvalue weighted by Crippen LogP contribution is -2.40. The molecule has 7 heteroatoms. The van der Waals surface area contributed by atoms with Gasteiger partial charge < -0.3 is 4.90 Å². The predicted molar refractivity (Wildman–Crippen MR) is 87.5 cm³/mol. The highest BCUT2D eigenvalue weighted by Gasteiger charge is 2.48. The Morgan fingerprint density at radius 1 is 1.39 bits per heavy atom. The standard InChI is InChI=1S/C16H25N3O3S/c1-18-11-13(10-17-18)14-5-3-4-8-19(14)15(20)9-16(6-7-16)12-23(2,21)22/h10-11,14H,3-9,12H2,1-2H3. The molecule has 2 fully saturated rings. The Bertz CT molecular complexity index is 691. The highest BCUT2D eigenvalue weighted by atomic mass is 32.2. The van der Waals surface area contributed by atoms with Crippen molar-refractivity contribution in [1.29, 1.82) is 0 Å². The van der Waals surface area contributed by atoms with Gasteiger partial charge >= 0.3 is 0 Å². The van der Waals surface area contributed by atoms with Crippen LogP contribution in [0.3, 0.4) is 0 Å². The van der Waals surface area contributed by atoms with Crippen LogP contribution in [0.25, 0.3) is 0 Å². The summed E-state index contributed by atoms with van der Waals surface area (Å²) >= 11 is 0.